The molecule has 1 unspecified atom stereocenters. The van der Waals surface area contributed by atoms with Gasteiger partial charge in [-0.3, -0.25) is 9.59 Å². The summed E-state index contributed by atoms with van der Waals surface area (Å²) in [5, 5.41) is 6.01. The average molecular weight is 319 g/mol. The number of nitrogens with zero attached hydrogens (tertiary/aromatic N) is 1. The number of amides is 2. The summed E-state index contributed by atoms with van der Waals surface area (Å²) in [7, 11) is 0. The van der Waals surface area contributed by atoms with Crippen molar-refractivity contribution in [2.24, 2.45) is 5.92 Å². The van der Waals surface area contributed by atoms with Crippen molar-refractivity contribution in [1.82, 2.24) is 5.32 Å². The third kappa shape index (κ3) is 3.88. The van der Waals surface area contributed by atoms with Gasteiger partial charge in [-0.2, -0.15) is 0 Å². The normalized spacial score (nSPS) is 21.0. The van der Waals surface area contributed by atoms with Gasteiger partial charge in [0.15, 0.2) is 0 Å². The molecule has 0 aliphatic carbocycles. The average Bonchev–Trinajstić information content (AvgIpc) is 3.17. The largest absolute Gasteiger partial charge is 0.326 e. The van der Waals surface area contributed by atoms with Crippen LogP contribution in [0.4, 0.5) is 15.8 Å². The fourth-order valence-corrected chi connectivity index (χ4v) is 3.23. The van der Waals surface area contributed by atoms with E-state index in [-0.39, 0.29) is 11.8 Å². The monoisotopic (exact) mass is 319 g/mol. The minimum atomic E-state index is -0.474. The van der Waals surface area contributed by atoms with E-state index in [1.54, 1.807) is 12.1 Å². The standard InChI is InChI=1S/C17H22FN3O2/c18-14-10-13(4-5-15(14)21-9-1-2-17(21)23)20-16(22)6-3-12-7-8-19-11-12/h4-5,10,12,19H,1-3,6-9,11H2,(H,20,22). The summed E-state index contributed by atoms with van der Waals surface area (Å²) in [5.41, 5.74) is 0.731. The molecule has 0 radical (unpaired) electrons. The molecule has 2 aliphatic rings. The van der Waals surface area contributed by atoms with Crippen LogP contribution in [0.25, 0.3) is 0 Å². The zero-order chi connectivity index (χ0) is 16.2. The number of hydrogen-bond acceptors (Lipinski definition) is 3. The molecule has 2 saturated heterocycles. The number of rotatable bonds is 5. The number of carbonyl (C=O) groups excluding carboxylic acids is 2. The molecule has 0 spiro atoms. The van der Waals surface area contributed by atoms with Crippen molar-refractivity contribution in [2.45, 2.75) is 32.1 Å². The third-order valence-corrected chi connectivity index (χ3v) is 4.54. The smallest absolute Gasteiger partial charge is 0.227 e. The van der Waals surface area contributed by atoms with Crippen molar-refractivity contribution in [3.63, 3.8) is 0 Å². The van der Waals surface area contributed by atoms with E-state index < -0.39 is 5.82 Å². The molecule has 2 N–H and O–H groups in total. The van der Waals surface area contributed by atoms with E-state index in [4.69, 9.17) is 0 Å². The number of anilines is 2. The Hall–Kier alpha value is -1.95. The molecule has 1 atom stereocenters. The molecule has 0 aromatic heterocycles. The molecule has 1 aromatic carbocycles. The predicted octanol–water partition coefficient (Wildman–Crippen LogP) is 2.28. The van der Waals surface area contributed by atoms with Gasteiger partial charge in [-0.25, -0.2) is 4.39 Å². The topological polar surface area (TPSA) is 61.4 Å². The van der Waals surface area contributed by atoms with Crippen molar-refractivity contribution < 1.29 is 14.0 Å². The van der Waals surface area contributed by atoms with Crippen LogP contribution in [0.2, 0.25) is 0 Å². The Balaban J connectivity index is 1.56. The SMILES string of the molecule is O=C(CCC1CCNC1)Nc1ccc(N2CCCC2=O)c(F)c1. The van der Waals surface area contributed by atoms with Gasteiger partial charge in [-0.1, -0.05) is 0 Å². The Bertz CT molecular complexity index is 600. The Kier molecular flexibility index (Phi) is 4.91. The van der Waals surface area contributed by atoms with Crippen LogP contribution in [0, 0.1) is 11.7 Å². The summed E-state index contributed by atoms with van der Waals surface area (Å²) < 4.78 is 14.2. The second kappa shape index (κ2) is 7.08. The highest BCUT2D eigenvalue weighted by molar-refractivity contribution is 5.96. The van der Waals surface area contributed by atoms with E-state index in [1.807, 2.05) is 0 Å². The Labute approximate surface area is 135 Å². The first-order valence-corrected chi connectivity index (χ1v) is 8.24. The molecule has 23 heavy (non-hydrogen) atoms. The first-order valence-electron chi connectivity index (χ1n) is 8.24. The first kappa shape index (κ1) is 15.9. The van der Waals surface area contributed by atoms with Gasteiger partial charge in [-0.05, 0) is 56.5 Å². The molecule has 1 aromatic rings. The summed E-state index contributed by atoms with van der Waals surface area (Å²) in [5.74, 6) is -0.0637. The van der Waals surface area contributed by atoms with Crippen LogP contribution in [0.3, 0.4) is 0 Å². The molecule has 2 amide bonds. The van der Waals surface area contributed by atoms with Crippen LogP contribution in [-0.2, 0) is 9.59 Å². The maximum Gasteiger partial charge on any atom is 0.227 e. The highest BCUT2D eigenvalue weighted by atomic mass is 19.1. The van der Waals surface area contributed by atoms with Gasteiger partial charge in [-0.15, -0.1) is 0 Å². The van der Waals surface area contributed by atoms with E-state index in [0.29, 0.717) is 36.7 Å². The number of nitrogens with one attached hydrogen (secondary N) is 2. The van der Waals surface area contributed by atoms with Gasteiger partial charge in [0.05, 0.1) is 5.69 Å². The highest BCUT2D eigenvalue weighted by Gasteiger charge is 2.24. The lowest BCUT2D eigenvalue weighted by molar-refractivity contribution is -0.117. The lowest BCUT2D eigenvalue weighted by Gasteiger charge is -2.17. The second-order valence-electron chi connectivity index (χ2n) is 6.26. The maximum atomic E-state index is 14.2. The minimum absolute atomic E-state index is 0.0501. The number of hydrogen-bond donors (Lipinski definition) is 2. The van der Waals surface area contributed by atoms with E-state index in [0.717, 1.165) is 32.4 Å². The molecule has 0 bridgehead atoms. The van der Waals surface area contributed by atoms with Crippen molar-refractivity contribution in [3.05, 3.63) is 24.0 Å². The molecule has 6 heteroatoms. The first-order chi connectivity index (χ1) is 11.1. The van der Waals surface area contributed by atoms with Gasteiger partial charge in [0, 0.05) is 25.1 Å². The van der Waals surface area contributed by atoms with Crippen molar-refractivity contribution in [2.75, 3.05) is 29.9 Å². The highest BCUT2D eigenvalue weighted by Crippen LogP contribution is 2.27. The molecule has 0 saturated carbocycles. The van der Waals surface area contributed by atoms with E-state index in [2.05, 4.69) is 10.6 Å². The molecular formula is C17H22FN3O2. The van der Waals surface area contributed by atoms with Crippen LogP contribution >= 0.6 is 0 Å². The van der Waals surface area contributed by atoms with Gasteiger partial charge in [0.25, 0.3) is 0 Å². The van der Waals surface area contributed by atoms with Crippen molar-refractivity contribution in [1.29, 1.82) is 0 Å². The minimum Gasteiger partial charge on any atom is -0.326 e. The van der Waals surface area contributed by atoms with Gasteiger partial charge in [0.1, 0.15) is 5.82 Å². The summed E-state index contributed by atoms with van der Waals surface area (Å²) in [6.45, 7) is 2.55. The number of benzene rings is 1. The summed E-state index contributed by atoms with van der Waals surface area (Å²) in [6.07, 6.45) is 3.63. The molecule has 2 aliphatic heterocycles. The summed E-state index contributed by atoms with van der Waals surface area (Å²) in [6, 6.07) is 4.50. The molecule has 5 nitrogen and oxygen atoms in total. The molecular weight excluding hydrogens is 297 g/mol. The van der Waals surface area contributed by atoms with Crippen molar-refractivity contribution in [3.8, 4) is 0 Å². The number of halogens is 1. The second-order valence-corrected chi connectivity index (χ2v) is 6.26. The number of carbonyl (C=O) groups is 2. The summed E-state index contributed by atoms with van der Waals surface area (Å²) in [4.78, 5) is 25.1. The predicted molar refractivity (Wildman–Crippen MR) is 86.8 cm³/mol. The third-order valence-electron chi connectivity index (χ3n) is 4.54. The molecule has 124 valence electrons. The van der Waals surface area contributed by atoms with E-state index >= 15 is 0 Å². The fraction of sp³-hybridized carbons (Fsp3) is 0.529. The Morgan fingerprint density at radius 3 is 2.96 bits per heavy atom. The maximum absolute atomic E-state index is 14.2. The lowest BCUT2D eigenvalue weighted by atomic mass is 10.0. The lowest BCUT2D eigenvalue weighted by Crippen LogP contribution is -2.24. The van der Waals surface area contributed by atoms with Crippen molar-refractivity contribution >= 4 is 23.2 Å². The van der Waals surface area contributed by atoms with E-state index in [9.17, 15) is 14.0 Å². The Morgan fingerprint density at radius 1 is 1.43 bits per heavy atom. The van der Waals surface area contributed by atoms with Crippen LogP contribution in [-0.4, -0.2) is 31.4 Å². The van der Waals surface area contributed by atoms with Gasteiger partial charge >= 0.3 is 0 Å². The zero-order valence-corrected chi connectivity index (χ0v) is 13.1. The molecule has 3 rings (SSSR count). The van der Waals surface area contributed by atoms with Crippen LogP contribution in [0.5, 0.6) is 0 Å². The zero-order valence-electron chi connectivity index (χ0n) is 13.1. The van der Waals surface area contributed by atoms with E-state index in [1.165, 1.54) is 11.0 Å². The Morgan fingerprint density at radius 2 is 2.30 bits per heavy atom. The fourth-order valence-electron chi connectivity index (χ4n) is 3.23. The van der Waals surface area contributed by atoms with Crippen LogP contribution in [0.15, 0.2) is 18.2 Å². The van der Waals surface area contributed by atoms with Gasteiger partial charge < -0.3 is 15.5 Å². The quantitative estimate of drug-likeness (QED) is 0.875. The summed E-state index contributed by atoms with van der Waals surface area (Å²) >= 11 is 0. The molecule has 2 heterocycles. The van der Waals surface area contributed by atoms with Crippen LogP contribution in [0.1, 0.15) is 32.1 Å². The van der Waals surface area contributed by atoms with Gasteiger partial charge in [0.2, 0.25) is 11.8 Å². The molecule has 2 fully saturated rings. The van der Waals surface area contributed by atoms with Crippen LogP contribution < -0.4 is 15.5 Å².